The third kappa shape index (κ3) is 4.20. The Hall–Kier alpha value is -2.21. The number of nitrogens with one attached hydrogen (secondary N) is 1. The summed E-state index contributed by atoms with van der Waals surface area (Å²) in [5, 5.41) is 3.45. The number of benzene rings is 1. The van der Waals surface area contributed by atoms with Crippen molar-refractivity contribution in [3.05, 3.63) is 41.4 Å². The van der Waals surface area contributed by atoms with Gasteiger partial charge in [0.25, 0.3) is 0 Å². The molecule has 0 aliphatic carbocycles. The molecule has 0 radical (unpaired) electrons. The molecule has 128 valence electrons. The number of hydrogen-bond acceptors (Lipinski definition) is 4. The topological polar surface area (TPSA) is 65.4 Å². The molecular formula is C17H20ClN3O3. The van der Waals surface area contributed by atoms with E-state index in [9.17, 15) is 4.79 Å². The van der Waals surface area contributed by atoms with Crippen LogP contribution in [0.1, 0.15) is 18.9 Å². The normalized spacial score (nSPS) is 14.8. The minimum atomic E-state index is -0.0619. The van der Waals surface area contributed by atoms with E-state index in [1.54, 1.807) is 18.6 Å². The van der Waals surface area contributed by atoms with Crippen LogP contribution in [0.4, 0.5) is 0 Å². The predicted octanol–water partition coefficient (Wildman–Crippen LogP) is 2.45. The third-order valence-corrected chi connectivity index (χ3v) is 3.96. The SMILES string of the molecule is C[C@@H](Cn1ccnc1)NC(=O)Cc1cc(Cl)c2c(c1)OCCCO2. The Morgan fingerprint density at radius 3 is 3.04 bits per heavy atom. The van der Waals surface area contributed by atoms with Crippen molar-refractivity contribution >= 4 is 17.5 Å². The highest BCUT2D eigenvalue weighted by atomic mass is 35.5. The molecule has 1 aromatic carbocycles. The lowest BCUT2D eigenvalue weighted by Gasteiger charge is -2.15. The van der Waals surface area contributed by atoms with E-state index in [2.05, 4.69) is 10.3 Å². The molecule has 6 nitrogen and oxygen atoms in total. The lowest BCUT2D eigenvalue weighted by atomic mass is 10.1. The molecule has 0 saturated heterocycles. The minimum Gasteiger partial charge on any atom is -0.489 e. The molecular weight excluding hydrogens is 330 g/mol. The van der Waals surface area contributed by atoms with Gasteiger partial charge in [-0.05, 0) is 24.6 Å². The Bertz CT molecular complexity index is 703. The molecule has 1 aliphatic rings. The van der Waals surface area contributed by atoms with E-state index in [1.165, 1.54) is 0 Å². The van der Waals surface area contributed by atoms with E-state index in [0.717, 1.165) is 12.0 Å². The van der Waals surface area contributed by atoms with Crippen molar-refractivity contribution in [1.29, 1.82) is 0 Å². The molecule has 1 aliphatic heterocycles. The zero-order valence-electron chi connectivity index (χ0n) is 13.5. The van der Waals surface area contributed by atoms with Gasteiger partial charge in [0.05, 0.1) is 31.0 Å². The van der Waals surface area contributed by atoms with Crippen LogP contribution in [0.2, 0.25) is 5.02 Å². The number of fused-ring (bicyclic) bond motifs is 1. The van der Waals surface area contributed by atoms with Gasteiger partial charge in [-0.3, -0.25) is 4.79 Å². The Kier molecular flexibility index (Phi) is 5.25. The second-order valence-electron chi connectivity index (χ2n) is 5.86. The molecule has 0 spiro atoms. The van der Waals surface area contributed by atoms with Crippen LogP contribution in [-0.2, 0) is 17.8 Å². The average molecular weight is 350 g/mol. The number of imidazole rings is 1. The maximum Gasteiger partial charge on any atom is 0.224 e. The van der Waals surface area contributed by atoms with Crippen molar-refractivity contribution in [2.75, 3.05) is 13.2 Å². The lowest BCUT2D eigenvalue weighted by Crippen LogP contribution is -2.36. The molecule has 7 heteroatoms. The number of hydrogen-bond donors (Lipinski definition) is 1. The van der Waals surface area contributed by atoms with Crippen molar-refractivity contribution in [1.82, 2.24) is 14.9 Å². The average Bonchev–Trinajstić information content (AvgIpc) is 2.90. The molecule has 2 aromatic rings. The number of carbonyl (C=O) groups is 1. The number of amides is 1. The molecule has 3 rings (SSSR count). The monoisotopic (exact) mass is 349 g/mol. The van der Waals surface area contributed by atoms with E-state index in [1.807, 2.05) is 23.8 Å². The van der Waals surface area contributed by atoms with E-state index in [0.29, 0.717) is 36.3 Å². The molecule has 1 amide bonds. The fourth-order valence-electron chi connectivity index (χ4n) is 2.65. The van der Waals surface area contributed by atoms with E-state index >= 15 is 0 Å². The summed E-state index contributed by atoms with van der Waals surface area (Å²) in [4.78, 5) is 16.2. The van der Waals surface area contributed by atoms with Gasteiger partial charge in [0.2, 0.25) is 5.91 Å². The number of halogens is 1. The van der Waals surface area contributed by atoms with Gasteiger partial charge < -0.3 is 19.4 Å². The summed E-state index contributed by atoms with van der Waals surface area (Å²) < 4.78 is 13.2. The summed E-state index contributed by atoms with van der Waals surface area (Å²) in [7, 11) is 0. The Balaban J connectivity index is 1.62. The van der Waals surface area contributed by atoms with Gasteiger partial charge in [-0.25, -0.2) is 4.98 Å². The fraction of sp³-hybridized carbons (Fsp3) is 0.412. The molecule has 1 atom stereocenters. The van der Waals surface area contributed by atoms with Crippen LogP contribution < -0.4 is 14.8 Å². The maximum atomic E-state index is 12.2. The summed E-state index contributed by atoms with van der Waals surface area (Å²) in [6.07, 6.45) is 6.37. The Labute approximate surface area is 145 Å². The largest absolute Gasteiger partial charge is 0.489 e. The smallest absolute Gasteiger partial charge is 0.224 e. The first kappa shape index (κ1) is 16.6. The van der Waals surface area contributed by atoms with Crippen molar-refractivity contribution < 1.29 is 14.3 Å². The second-order valence-corrected chi connectivity index (χ2v) is 6.27. The second kappa shape index (κ2) is 7.57. The van der Waals surface area contributed by atoms with Gasteiger partial charge in [-0.2, -0.15) is 0 Å². The maximum absolute atomic E-state index is 12.2. The Morgan fingerprint density at radius 2 is 2.25 bits per heavy atom. The van der Waals surface area contributed by atoms with Crippen LogP contribution in [0.25, 0.3) is 0 Å². The minimum absolute atomic E-state index is 0.00239. The number of ether oxygens (including phenoxy) is 2. The van der Waals surface area contributed by atoms with Crippen molar-refractivity contribution in [2.24, 2.45) is 0 Å². The van der Waals surface area contributed by atoms with Gasteiger partial charge >= 0.3 is 0 Å². The summed E-state index contributed by atoms with van der Waals surface area (Å²) in [5.41, 5.74) is 0.802. The summed E-state index contributed by atoms with van der Waals surface area (Å²) >= 11 is 6.26. The van der Waals surface area contributed by atoms with Crippen LogP contribution in [0.3, 0.4) is 0 Å². The van der Waals surface area contributed by atoms with Gasteiger partial charge in [0, 0.05) is 31.4 Å². The van der Waals surface area contributed by atoms with Crippen molar-refractivity contribution in [2.45, 2.75) is 32.4 Å². The summed E-state index contributed by atoms with van der Waals surface area (Å²) in [6, 6.07) is 3.59. The quantitative estimate of drug-likeness (QED) is 0.900. The zero-order chi connectivity index (χ0) is 16.9. The van der Waals surface area contributed by atoms with Crippen LogP contribution in [0, 0.1) is 0 Å². The highest BCUT2D eigenvalue weighted by Crippen LogP contribution is 2.38. The van der Waals surface area contributed by atoms with E-state index in [-0.39, 0.29) is 18.4 Å². The third-order valence-electron chi connectivity index (χ3n) is 3.68. The molecule has 1 N–H and O–H groups in total. The number of carbonyl (C=O) groups excluding carboxylic acids is 1. The molecule has 0 bridgehead atoms. The first-order valence-electron chi connectivity index (χ1n) is 7.95. The number of nitrogens with zero attached hydrogens (tertiary/aromatic N) is 2. The summed E-state index contributed by atoms with van der Waals surface area (Å²) in [6.45, 7) is 3.80. The molecule has 0 fully saturated rings. The van der Waals surface area contributed by atoms with Crippen LogP contribution in [-0.4, -0.2) is 34.7 Å². The van der Waals surface area contributed by atoms with E-state index < -0.39 is 0 Å². The van der Waals surface area contributed by atoms with Crippen LogP contribution >= 0.6 is 11.6 Å². The molecule has 2 heterocycles. The molecule has 1 aromatic heterocycles. The van der Waals surface area contributed by atoms with Crippen molar-refractivity contribution in [3.63, 3.8) is 0 Å². The van der Waals surface area contributed by atoms with Gasteiger partial charge in [-0.15, -0.1) is 0 Å². The van der Waals surface area contributed by atoms with Gasteiger partial charge in [-0.1, -0.05) is 11.6 Å². The first-order chi connectivity index (χ1) is 11.6. The van der Waals surface area contributed by atoms with Crippen LogP contribution in [0.5, 0.6) is 11.5 Å². The molecule has 0 saturated carbocycles. The van der Waals surface area contributed by atoms with Gasteiger partial charge in [0.1, 0.15) is 0 Å². The fourth-order valence-corrected chi connectivity index (χ4v) is 2.94. The lowest BCUT2D eigenvalue weighted by molar-refractivity contribution is -0.121. The standard InChI is InChI=1S/C17H20ClN3O3/c1-12(10-21-4-3-19-11-21)20-16(22)9-13-7-14(18)17-15(8-13)23-5-2-6-24-17/h3-4,7-8,11-12H,2,5-6,9-10H2,1H3,(H,20,22)/t12-/m0/s1. The first-order valence-corrected chi connectivity index (χ1v) is 8.33. The highest BCUT2D eigenvalue weighted by Gasteiger charge is 2.17. The van der Waals surface area contributed by atoms with Crippen molar-refractivity contribution in [3.8, 4) is 11.5 Å². The zero-order valence-corrected chi connectivity index (χ0v) is 14.3. The summed E-state index contributed by atoms with van der Waals surface area (Å²) in [5.74, 6) is 1.11. The van der Waals surface area contributed by atoms with E-state index in [4.69, 9.17) is 21.1 Å². The highest BCUT2D eigenvalue weighted by molar-refractivity contribution is 6.32. The number of rotatable bonds is 5. The predicted molar refractivity (Wildman–Crippen MR) is 90.6 cm³/mol. The van der Waals surface area contributed by atoms with Gasteiger partial charge in [0.15, 0.2) is 11.5 Å². The Morgan fingerprint density at radius 1 is 1.42 bits per heavy atom. The molecule has 24 heavy (non-hydrogen) atoms. The number of aromatic nitrogens is 2. The van der Waals surface area contributed by atoms with Crippen LogP contribution in [0.15, 0.2) is 30.9 Å². The molecule has 0 unspecified atom stereocenters.